The number of ketones is 1. The second-order valence-electron chi connectivity index (χ2n) is 4.84. The van der Waals surface area contributed by atoms with Gasteiger partial charge in [0.15, 0.2) is 11.6 Å². The van der Waals surface area contributed by atoms with Crippen LogP contribution in [0, 0.1) is 5.82 Å². The lowest BCUT2D eigenvalue weighted by molar-refractivity contribution is 0.103. The van der Waals surface area contributed by atoms with E-state index in [1.54, 1.807) is 41.1 Å². The molecule has 23 heavy (non-hydrogen) atoms. The van der Waals surface area contributed by atoms with Gasteiger partial charge < -0.3 is 9.67 Å². The summed E-state index contributed by atoms with van der Waals surface area (Å²) in [7, 11) is 0. The number of H-pyrrole nitrogens is 1. The zero-order chi connectivity index (χ0) is 16.2. The number of aromatic nitrogens is 4. The number of aliphatic hydroxyl groups excluding tert-OH is 1. The minimum absolute atomic E-state index is 0.102. The molecule has 2 N–H and O–H groups in total. The quantitative estimate of drug-likeness (QED) is 0.431. The molecule has 7 heteroatoms. The largest absolute Gasteiger partial charge is 0.504 e. The third-order valence-electron chi connectivity index (χ3n) is 3.31. The first-order chi connectivity index (χ1) is 11.1. The second-order valence-corrected chi connectivity index (χ2v) is 4.84. The van der Waals surface area contributed by atoms with Crippen LogP contribution in [0.1, 0.15) is 21.9 Å². The van der Waals surface area contributed by atoms with Crippen molar-refractivity contribution in [2.75, 3.05) is 0 Å². The highest BCUT2D eigenvalue weighted by molar-refractivity contribution is 6.06. The molecule has 1 aromatic carbocycles. The zero-order valence-electron chi connectivity index (χ0n) is 12.0. The van der Waals surface area contributed by atoms with E-state index in [1.165, 1.54) is 12.4 Å². The molecule has 0 spiro atoms. The number of hydrogen-bond donors (Lipinski definition) is 2. The smallest absolute Gasteiger partial charge is 0.206 e. The molecule has 3 rings (SSSR count). The molecular formula is C16H13FN4O2. The summed E-state index contributed by atoms with van der Waals surface area (Å²) in [6, 6.07) is 9.67. The first-order valence-corrected chi connectivity index (χ1v) is 6.84. The molecule has 2 aromatic heterocycles. The van der Waals surface area contributed by atoms with Crippen LogP contribution in [0.5, 0.6) is 0 Å². The number of carbonyl (C=O) groups excluding carboxylic acids is 1. The van der Waals surface area contributed by atoms with E-state index in [0.717, 1.165) is 6.08 Å². The number of allylic oxidation sites excluding steroid dienone is 1. The van der Waals surface area contributed by atoms with Crippen LogP contribution in [0.15, 0.2) is 55.0 Å². The van der Waals surface area contributed by atoms with Crippen LogP contribution in [-0.4, -0.2) is 30.6 Å². The van der Waals surface area contributed by atoms with Gasteiger partial charge in [-0.2, -0.15) is 5.10 Å². The van der Waals surface area contributed by atoms with Gasteiger partial charge in [0.2, 0.25) is 5.78 Å². The van der Waals surface area contributed by atoms with Gasteiger partial charge in [-0.3, -0.25) is 9.89 Å². The van der Waals surface area contributed by atoms with Gasteiger partial charge in [0, 0.05) is 17.8 Å². The molecule has 3 aromatic rings. The van der Waals surface area contributed by atoms with E-state index in [-0.39, 0.29) is 23.9 Å². The van der Waals surface area contributed by atoms with Crippen molar-refractivity contribution in [2.24, 2.45) is 0 Å². The van der Waals surface area contributed by atoms with Crippen molar-refractivity contribution in [3.63, 3.8) is 0 Å². The number of benzene rings is 1. The maximum absolute atomic E-state index is 13.7. The van der Waals surface area contributed by atoms with Crippen LogP contribution in [0.25, 0.3) is 5.76 Å². The van der Waals surface area contributed by atoms with E-state index < -0.39 is 5.78 Å². The summed E-state index contributed by atoms with van der Waals surface area (Å²) in [5.41, 5.74) is 0.806. The van der Waals surface area contributed by atoms with Crippen molar-refractivity contribution in [3.05, 3.63) is 77.9 Å². The summed E-state index contributed by atoms with van der Waals surface area (Å²) in [6.07, 6.45) is 3.96. The van der Waals surface area contributed by atoms with Gasteiger partial charge in [0.1, 0.15) is 12.1 Å². The van der Waals surface area contributed by atoms with Crippen LogP contribution >= 0.6 is 0 Å². The van der Waals surface area contributed by atoms with E-state index >= 15 is 0 Å². The standard InChI is InChI=1S/C16H13FN4O2/c17-12-5-2-1-4-11(12)9-21-7-3-6-13(21)14(22)8-15(23)16-18-10-19-20-16/h1-8,10,23H,9H2,(H,18,19,20). The van der Waals surface area contributed by atoms with Crippen LogP contribution in [0.3, 0.4) is 0 Å². The average molecular weight is 312 g/mol. The Hall–Kier alpha value is -3.22. The Bertz CT molecular complexity index is 853. The van der Waals surface area contributed by atoms with Crippen molar-refractivity contribution < 1.29 is 14.3 Å². The fraction of sp³-hybridized carbons (Fsp3) is 0.0625. The highest BCUT2D eigenvalue weighted by Gasteiger charge is 2.13. The van der Waals surface area contributed by atoms with Crippen LogP contribution in [-0.2, 0) is 6.54 Å². The molecule has 0 unspecified atom stereocenters. The molecule has 0 amide bonds. The van der Waals surface area contributed by atoms with Gasteiger partial charge >= 0.3 is 0 Å². The second kappa shape index (κ2) is 6.27. The molecule has 0 aliphatic heterocycles. The van der Waals surface area contributed by atoms with E-state index in [9.17, 15) is 14.3 Å². The first-order valence-electron chi connectivity index (χ1n) is 6.84. The summed E-state index contributed by atoms with van der Waals surface area (Å²) in [5.74, 6) is -0.961. The number of nitrogens with one attached hydrogen (secondary N) is 1. The van der Waals surface area contributed by atoms with E-state index in [1.807, 2.05) is 0 Å². The fourth-order valence-electron chi connectivity index (χ4n) is 2.18. The van der Waals surface area contributed by atoms with Crippen LogP contribution in [0.2, 0.25) is 0 Å². The minimum Gasteiger partial charge on any atom is -0.504 e. The number of halogens is 1. The van der Waals surface area contributed by atoms with Crippen molar-refractivity contribution >= 4 is 11.5 Å². The predicted molar refractivity (Wildman–Crippen MR) is 81.3 cm³/mol. The lowest BCUT2D eigenvalue weighted by atomic mass is 10.2. The normalized spacial score (nSPS) is 11.6. The van der Waals surface area contributed by atoms with Gasteiger partial charge in [0.05, 0.1) is 12.2 Å². The summed E-state index contributed by atoms with van der Waals surface area (Å²) >= 11 is 0. The van der Waals surface area contributed by atoms with E-state index in [2.05, 4.69) is 15.2 Å². The maximum atomic E-state index is 13.7. The Morgan fingerprint density at radius 1 is 1.30 bits per heavy atom. The van der Waals surface area contributed by atoms with E-state index in [0.29, 0.717) is 11.3 Å². The molecule has 0 aliphatic carbocycles. The van der Waals surface area contributed by atoms with E-state index in [4.69, 9.17) is 0 Å². The van der Waals surface area contributed by atoms with Crippen molar-refractivity contribution in [2.45, 2.75) is 6.54 Å². The fourth-order valence-corrected chi connectivity index (χ4v) is 2.18. The molecule has 0 saturated carbocycles. The zero-order valence-corrected chi connectivity index (χ0v) is 12.0. The Labute approximate surface area is 130 Å². The van der Waals surface area contributed by atoms with Crippen LogP contribution < -0.4 is 0 Å². The SMILES string of the molecule is O=C(C=C(O)c1ncn[nH]1)c1cccn1Cc1ccccc1F. The molecule has 2 heterocycles. The molecule has 0 fully saturated rings. The number of aromatic amines is 1. The number of hydrogen-bond acceptors (Lipinski definition) is 4. The highest BCUT2D eigenvalue weighted by atomic mass is 19.1. The Balaban J connectivity index is 1.85. The van der Waals surface area contributed by atoms with Crippen LogP contribution in [0.4, 0.5) is 4.39 Å². The molecule has 116 valence electrons. The number of rotatable bonds is 5. The molecule has 6 nitrogen and oxygen atoms in total. The van der Waals surface area contributed by atoms with Gasteiger partial charge in [-0.25, -0.2) is 9.37 Å². The van der Waals surface area contributed by atoms with Gasteiger partial charge in [-0.05, 0) is 18.2 Å². The number of nitrogens with zero attached hydrogens (tertiary/aromatic N) is 3. The molecule has 0 atom stereocenters. The van der Waals surface area contributed by atoms with Crippen molar-refractivity contribution in [3.8, 4) is 0 Å². The summed E-state index contributed by atoms with van der Waals surface area (Å²) < 4.78 is 15.4. The third-order valence-corrected chi connectivity index (χ3v) is 3.31. The lowest BCUT2D eigenvalue weighted by Gasteiger charge is -2.08. The average Bonchev–Trinajstić information content (AvgIpc) is 3.20. The van der Waals surface area contributed by atoms with Gasteiger partial charge in [-0.1, -0.05) is 18.2 Å². The first kappa shape index (κ1) is 14.7. The number of aliphatic hydroxyl groups is 1. The van der Waals surface area contributed by atoms with Gasteiger partial charge in [0.25, 0.3) is 0 Å². The summed E-state index contributed by atoms with van der Waals surface area (Å²) in [6.45, 7) is 0.220. The summed E-state index contributed by atoms with van der Waals surface area (Å²) in [4.78, 5) is 16.1. The summed E-state index contributed by atoms with van der Waals surface area (Å²) in [5, 5.41) is 15.9. The molecule has 0 aliphatic rings. The molecule has 0 bridgehead atoms. The Morgan fingerprint density at radius 3 is 2.87 bits per heavy atom. The monoisotopic (exact) mass is 312 g/mol. The molecular weight excluding hydrogens is 299 g/mol. The Morgan fingerprint density at radius 2 is 2.13 bits per heavy atom. The number of carbonyl (C=O) groups is 1. The highest BCUT2D eigenvalue weighted by Crippen LogP contribution is 2.13. The topological polar surface area (TPSA) is 83.8 Å². The van der Waals surface area contributed by atoms with Crippen molar-refractivity contribution in [1.29, 1.82) is 0 Å². The minimum atomic E-state index is -0.416. The molecule has 0 radical (unpaired) electrons. The van der Waals surface area contributed by atoms with Gasteiger partial charge in [-0.15, -0.1) is 0 Å². The predicted octanol–water partition coefficient (Wildman–Crippen LogP) is 2.58. The maximum Gasteiger partial charge on any atom is 0.206 e. The van der Waals surface area contributed by atoms with Crippen molar-refractivity contribution in [1.82, 2.24) is 19.7 Å². The lowest BCUT2D eigenvalue weighted by Crippen LogP contribution is -2.09. The molecule has 0 saturated heterocycles. The Kier molecular flexibility index (Phi) is 4.01. The third kappa shape index (κ3) is 3.18.